The van der Waals surface area contributed by atoms with Crippen LogP contribution in [0.25, 0.3) is 0 Å². The summed E-state index contributed by atoms with van der Waals surface area (Å²) in [5.41, 5.74) is 2.04. The van der Waals surface area contributed by atoms with Gasteiger partial charge in [-0.3, -0.25) is 9.79 Å². The van der Waals surface area contributed by atoms with E-state index in [-0.39, 0.29) is 41.9 Å². The Bertz CT molecular complexity index is 614. The summed E-state index contributed by atoms with van der Waals surface area (Å²) in [5, 5.41) is 17.0. The number of nitrogens with one attached hydrogen (secondary N) is 2. The number of guanidine groups is 1. The van der Waals surface area contributed by atoms with Gasteiger partial charge in [-0.2, -0.15) is 0 Å². The molecule has 1 aliphatic rings. The molecule has 2 rings (SSSR count). The number of esters is 1. The number of aliphatic hydroxyl groups is 1. The fourth-order valence-corrected chi connectivity index (χ4v) is 3.32. The van der Waals surface area contributed by atoms with Gasteiger partial charge in [-0.05, 0) is 52.0 Å². The van der Waals surface area contributed by atoms with Crippen molar-refractivity contribution in [3.8, 4) is 0 Å². The highest BCUT2D eigenvalue weighted by Crippen LogP contribution is 2.25. The first-order valence-corrected chi connectivity index (χ1v) is 9.99. The molecule has 1 unspecified atom stereocenters. The zero-order valence-corrected chi connectivity index (χ0v) is 19.4. The normalized spacial score (nSPS) is 20.6. The Morgan fingerprint density at radius 1 is 1.21 bits per heavy atom. The molecule has 6 nitrogen and oxygen atoms in total. The van der Waals surface area contributed by atoms with Crippen LogP contribution in [0.15, 0.2) is 29.3 Å². The van der Waals surface area contributed by atoms with Crippen LogP contribution >= 0.6 is 24.0 Å². The molecule has 0 bridgehead atoms. The molecule has 7 heteroatoms. The molecule has 28 heavy (non-hydrogen) atoms. The number of benzene rings is 1. The highest BCUT2D eigenvalue weighted by atomic mass is 127. The molecule has 1 aromatic rings. The average Bonchev–Trinajstić information content (AvgIpc) is 2.67. The number of aryl methyl sites for hydroxylation is 1. The van der Waals surface area contributed by atoms with E-state index >= 15 is 0 Å². The highest BCUT2D eigenvalue weighted by molar-refractivity contribution is 14.0. The van der Waals surface area contributed by atoms with Gasteiger partial charge in [0.05, 0.1) is 25.2 Å². The Morgan fingerprint density at radius 2 is 1.86 bits per heavy atom. The minimum Gasteiger partial charge on any atom is -0.466 e. The fraction of sp³-hybridized carbons (Fsp3) is 0.619. The van der Waals surface area contributed by atoms with Gasteiger partial charge in [-0.1, -0.05) is 29.8 Å². The first kappa shape index (κ1) is 24.7. The van der Waals surface area contributed by atoms with Gasteiger partial charge in [-0.15, -0.1) is 24.0 Å². The molecular weight excluding hydrogens is 469 g/mol. The van der Waals surface area contributed by atoms with Gasteiger partial charge in [-0.25, -0.2) is 0 Å². The van der Waals surface area contributed by atoms with Crippen LogP contribution in [-0.4, -0.2) is 42.8 Å². The topological polar surface area (TPSA) is 83.0 Å². The second-order valence-corrected chi connectivity index (χ2v) is 7.09. The van der Waals surface area contributed by atoms with Gasteiger partial charge in [0.2, 0.25) is 0 Å². The lowest BCUT2D eigenvalue weighted by molar-refractivity contribution is -0.149. The standard InChI is InChI=1S/C21H33N3O3.HI/c1-4-22-21(23-14-19(25)16-8-6-15(3)7-9-16)24-18-12-10-17(11-13-18)20(26)27-5-2;/h6-9,17-19,25H,4-5,10-14H2,1-3H3,(H2,22,23,24);1H. The summed E-state index contributed by atoms with van der Waals surface area (Å²) in [6, 6.07) is 8.14. The van der Waals surface area contributed by atoms with Gasteiger partial charge in [0, 0.05) is 12.6 Å². The van der Waals surface area contributed by atoms with E-state index in [0.29, 0.717) is 19.1 Å². The number of rotatable bonds is 7. The van der Waals surface area contributed by atoms with E-state index in [9.17, 15) is 9.90 Å². The van der Waals surface area contributed by atoms with E-state index in [4.69, 9.17) is 4.74 Å². The van der Waals surface area contributed by atoms with E-state index in [2.05, 4.69) is 15.6 Å². The molecular formula is C21H34IN3O3. The van der Waals surface area contributed by atoms with E-state index in [1.54, 1.807) is 0 Å². The zero-order chi connectivity index (χ0) is 19.6. The van der Waals surface area contributed by atoms with Gasteiger partial charge in [0.15, 0.2) is 5.96 Å². The molecule has 0 spiro atoms. The summed E-state index contributed by atoms with van der Waals surface area (Å²) >= 11 is 0. The minimum atomic E-state index is -0.624. The monoisotopic (exact) mass is 503 g/mol. The molecule has 1 aromatic carbocycles. The Hall–Kier alpha value is -1.35. The Labute approximate surface area is 185 Å². The quantitative estimate of drug-likeness (QED) is 0.230. The summed E-state index contributed by atoms with van der Waals surface area (Å²) in [4.78, 5) is 16.4. The third-order valence-electron chi connectivity index (χ3n) is 4.92. The van der Waals surface area contributed by atoms with Crippen molar-refractivity contribution in [3.05, 3.63) is 35.4 Å². The summed E-state index contributed by atoms with van der Waals surface area (Å²) in [5.74, 6) is 0.659. The number of aliphatic imine (C=N–C) groups is 1. The van der Waals surface area contributed by atoms with Crippen LogP contribution in [0.3, 0.4) is 0 Å². The highest BCUT2D eigenvalue weighted by Gasteiger charge is 2.27. The predicted molar refractivity (Wildman–Crippen MR) is 123 cm³/mol. The molecule has 1 fully saturated rings. The smallest absolute Gasteiger partial charge is 0.308 e. The van der Waals surface area contributed by atoms with Gasteiger partial charge < -0.3 is 20.5 Å². The number of carbonyl (C=O) groups excluding carboxylic acids is 1. The summed E-state index contributed by atoms with van der Waals surface area (Å²) in [7, 11) is 0. The summed E-state index contributed by atoms with van der Waals surface area (Å²) < 4.78 is 5.13. The second-order valence-electron chi connectivity index (χ2n) is 7.09. The van der Waals surface area contributed by atoms with Crippen LogP contribution in [0.2, 0.25) is 0 Å². The van der Waals surface area contributed by atoms with Crippen molar-refractivity contribution in [3.63, 3.8) is 0 Å². The van der Waals surface area contributed by atoms with Crippen molar-refractivity contribution in [2.45, 2.75) is 58.6 Å². The molecule has 158 valence electrons. The van der Waals surface area contributed by atoms with Crippen molar-refractivity contribution in [2.24, 2.45) is 10.9 Å². The lowest BCUT2D eigenvalue weighted by Crippen LogP contribution is -2.45. The van der Waals surface area contributed by atoms with Crippen molar-refractivity contribution in [2.75, 3.05) is 19.7 Å². The van der Waals surface area contributed by atoms with E-state index < -0.39 is 6.10 Å². The number of ether oxygens (including phenoxy) is 1. The number of hydrogen-bond donors (Lipinski definition) is 3. The average molecular weight is 503 g/mol. The molecule has 0 heterocycles. The summed E-state index contributed by atoms with van der Waals surface area (Å²) in [6.07, 6.45) is 2.87. The van der Waals surface area contributed by atoms with E-state index in [1.807, 2.05) is 45.0 Å². The molecule has 3 N–H and O–H groups in total. The number of carbonyl (C=O) groups is 1. The fourth-order valence-electron chi connectivity index (χ4n) is 3.32. The molecule has 1 saturated carbocycles. The van der Waals surface area contributed by atoms with E-state index in [0.717, 1.165) is 37.8 Å². The molecule has 0 radical (unpaired) electrons. The van der Waals surface area contributed by atoms with Crippen molar-refractivity contribution in [1.29, 1.82) is 0 Å². The van der Waals surface area contributed by atoms with Crippen molar-refractivity contribution in [1.82, 2.24) is 10.6 Å². The lowest BCUT2D eigenvalue weighted by atomic mass is 9.86. The largest absolute Gasteiger partial charge is 0.466 e. The molecule has 1 atom stereocenters. The number of hydrogen-bond acceptors (Lipinski definition) is 4. The Balaban J connectivity index is 0.00000392. The van der Waals surface area contributed by atoms with Crippen LogP contribution in [0.5, 0.6) is 0 Å². The van der Waals surface area contributed by atoms with Crippen molar-refractivity contribution >= 4 is 35.9 Å². The maximum atomic E-state index is 11.9. The van der Waals surface area contributed by atoms with Crippen LogP contribution in [0, 0.1) is 12.8 Å². The summed E-state index contributed by atoms with van der Waals surface area (Å²) in [6.45, 7) is 7.39. The number of halogens is 1. The second kappa shape index (κ2) is 13.0. The maximum Gasteiger partial charge on any atom is 0.308 e. The van der Waals surface area contributed by atoms with Crippen LogP contribution in [0.1, 0.15) is 56.8 Å². The Morgan fingerprint density at radius 3 is 2.43 bits per heavy atom. The van der Waals surface area contributed by atoms with Crippen LogP contribution < -0.4 is 10.6 Å². The molecule has 0 aliphatic heterocycles. The maximum absolute atomic E-state index is 11.9. The zero-order valence-electron chi connectivity index (χ0n) is 17.1. The molecule has 0 amide bonds. The van der Waals surface area contributed by atoms with Crippen LogP contribution in [0.4, 0.5) is 0 Å². The minimum absolute atomic E-state index is 0. The lowest BCUT2D eigenvalue weighted by Gasteiger charge is -2.29. The first-order chi connectivity index (χ1) is 13.0. The van der Waals surface area contributed by atoms with Crippen molar-refractivity contribution < 1.29 is 14.6 Å². The van der Waals surface area contributed by atoms with Gasteiger partial charge in [0.25, 0.3) is 0 Å². The Kier molecular flexibility index (Phi) is 11.4. The third-order valence-corrected chi connectivity index (χ3v) is 4.92. The molecule has 0 aromatic heterocycles. The predicted octanol–water partition coefficient (Wildman–Crippen LogP) is 3.32. The van der Waals surface area contributed by atoms with Gasteiger partial charge >= 0.3 is 5.97 Å². The molecule has 0 saturated heterocycles. The number of nitrogens with zero attached hydrogens (tertiary/aromatic N) is 1. The van der Waals surface area contributed by atoms with Crippen LogP contribution in [-0.2, 0) is 9.53 Å². The third kappa shape index (κ3) is 7.95. The van der Waals surface area contributed by atoms with Gasteiger partial charge in [0.1, 0.15) is 0 Å². The number of aliphatic hydroxyl groups excluding tert-OH is 1. The van der Waals surface area contributed by atoms with E-state index in [1.165, 1.54) is 5.56 Å². The SMILES string of the molecule is CCNC(=NCC(O)c1ccc(C)cc1)NC1CCC(C(=O)OCC)CC1.I. The first-order valence-electron chi connectivity index (χ1n) is 9.99. The molecule has 1 aliphatic carbocycles.